The minimum absolute atomic E-state index is 0.0808. The van der Waals surface area contributed by atoms with Gasteiger partial charge in [-0.2, -0.15) is 5.06 Å². The number of hydroxylamine groups is 2. The van der Waals surface area contributed by atoms with E-state index >= 15 is 0 Å². The SMILES string of the molecule is CO[C@]1(CON2CCCC2)CCNC1. The van der Waals surface area contributed by atoms with E-state index in [2.05, 4.69) is 10.4 Å². The molecule has 0 aliphatic carbocycles. The Morgan fingerprint density at radius 2 is 2.14 bits per heavy atom. The van der Waals surface area contributed by atoms with E-state index < -0.39 is 0 Å². The standard InChI is InChI=1S/C10H20N2O2/c1-13-10(4-5-11-8-10)9-14-12-6-2-3-7-12/h11H,2-9H2,1H3/t10-/m1/s1. The molecule has 2 aliphatic heterocycles. The molecule has 14 heavy (non-hydrogen) atoms. The van der Waals surface area contributed by atoms with Gasteiger partial charge in [-0.1, -0.05) is 0 Å². The highest BCUT2D eigenvalue weighted by Gasteiger charge is 2.35. The summed E-state index contributed by atoms with van der Waals surface area (Å²) in [7, 11) is 1.78. The second kappa shape index (κ2) is 4.57. The summed E-state index contributed by atoms with van der Waals surface area (Å²) in [5.74, 6) is 0. The molecule has 0 saturated carbocycles. The van der Waals surface area contributed by atoms with Crippen LogP contribution in [0.25, 0.3) is 0 Å². The fourth-order valence-electron chi connectivity index (χ4n) is 2.10. The number of hydrogen-bond acceptors (Lipinski definition) is 4. The first-order chi connectivity index (χ1) is 6.85. The number of ether oxygens (including phenoxy) is 1. The van der Waals surface area contributed by atoms with Crippen LogP contribution in [0.1, 0.15) is 19.3 Å². The molecule has 2 rings (SSSR count). The third-order valence-corrected chi connectivity index (χ3v) is 3.21. The second-order valence-electron chi connectivity index (χ2n) is 4.22. The Balaban J connectivity index is 1.76. The van der Waals surface area contributed by atoms with Gasteiger partial charge in [-0.15, -0.1) is 0 Å². The summed E-state index contributed by atoms with van der Waals surface area (Å²) in [6.45, 7) is 4.80. The Hall–Kier alpha value is -0.160. The van der Waals surface area contributed by atoms with Crippen molar-refractivity contribution in [3.63, 3.8) is 0 Å². The highest BCUT2D eigenvalue weighted by atomic mass is 16.7. The molecule has 2 fully saturated rings. The first-order valence-electron chi connectivity index (χ1n) is 5.48. The van der Waals surface area contributed by atoms with E-state index in [0.29, 0.717) is 6.61 Å². The van der Waals surface area contributed by atoms with Crippen molar-refractivity contribution in [1.29, 1.82) is 0 Å². The highest BCUT2D eigenvalue weighted by Crippen LogP contribution is 2.20. The van der Waals surface area contributed by atoms with Crippen molar-refractivity contribution in [2.24, 2.45) is 0 Å². The van der Waals surface area contributed by atoms with E-state index in [4.69, 9.17) is 9.57 Å². The number of rotatable bonds is 4. The van der Waals surface area contributed by atoms with Gasteiger partial charge in [0.25, 0.3) is 0 Å². The lowest BCUT2D eigenvalue weighted by atomic mass is 10.1. The van der Waals surface area contributed by atoms with Gasteiger partial charge in [0.15, 0.2) is 0 Å². The zero-order valence-electron chi connectivity index (χ0n) is 8.92. The van der Waals surface area contributed by atoms with Crippen LogP contribution in [-0.2, 0) is 9.57 Å². The van der Waals surface area contributed by atoms with E-state index in [1.807, 2.05) is 0 Å². The van der Waals surface area contributed by atoms with Crippen LogP contribution in [0.2, 0.25) is 0 Å². The molecule has 4 nitrogen and oxygen atoms in total. The third-order valence-electron chi connectivity index (χ3n) is 3.21. The average molecular weight is 200 g/mol. The van der Waals surface area contributed by atoms with Crippen molar-refractivity contribution >= 4 is 0 Å². The molecule has 0 aromatic rings. The normalized spacial score (nSPS) is 34.1. The van der Waals surface area contributed by atoms with Crippen LogP contribution >= 0.6 is 0 Å². The molecule has 0 bridgehead atoms. The molecule has 4 heteroatoms. The Morgan fingerprint density at radius 1 is 1.36 bits per heavy atom. The molecule has 82 valence electrons. The van der Waals surface area contributed by atoms with Gasteiger partial charge >= 0.3 is 0 Å². The smallest absolute Gasteiger partial charge is 0.107 e. The molecule has 2 heterocycles. The van der Waals surface area contributed by atoms with Crippen LogP contribution < -0.4 is 5.32 Å². The first kappa shape index (κ1) is 10.4. The quantitative estimate of drug-likeness (QED) is 0.712. The molecule has 1 atom stereocenters. The summed E-state index contributed by atoms with van der Waals surface area (Å²) >= 11 is 0. The lowest BCUT2D eigenvalue weighted by Gasteiger charge is -2.28. The maximum absolute atomic E-state index is 5.75. The van der Waals surface area contributed by atoms with Crippen molar-refractivity contribution in [2.75, 3.05) is 39.9 Å². The van der Waals surface area contributed by atoms with E-state index in [1.165, 1.54) is 12.8 Å². The second-order valence-corrected chi connectivity index (χ2v) is 4.22. The van der Waals surface area contributed by atoms with Gasteiger partial charge in [0, 0.05) is 26.7 Å². The Morgan fingerprint density at radius 3 is 2.71 bits per heavy atom. The van der Waals surface area contributed by atoms with E-state index in [0.717, 1.165) is 32.6 Å². The van der Waals surface area contributed by atoms with Crippen LogP contribution in [0.3, 0.4) is 0 Å². The highest BCUT2D eigenvalue weighted by molar-refractivity contribution is 4.89. The van der Waals surface area contributed by atoms with Gasteiger partial charge in [0.2, 0.25) is 0 Å². The topological polar surface area (TPSA) is 33.7 Å². The predicted molar refractivity (Wildman–Crippen MR) is 54.0 cm³/mol. The number of nitrogens with one attached hydrogen (secondary N) is 1. The van der Waals surface area contributed by atoms with Crippen molar-refractivity contribution in [1.82, 2.24) is 10.4 Å². The summed E-state index contributed by atoms with van der Waals surface area (Å²) in [6.07, 6.45) is 3.58. The van der Waals surface area contributed by atoms with Gasteiger partial charge < -0.3 is 10.1 Å². The van der Waals surface area contributed by atoms with Crippen molar-refractivity contribution < 1.29 is 9.57 Å². The van der Waals surface area contributed by atoms with Crippen molar-refractivity contribution in [3.05, 3.63) is 0 Å². The molecule has 0 aromatic carbocycles. The molecular weight excluding hydrogens is 180 g/mol. The molecule has 0 amide bonds. The minimum Gasteiger partial charge on any atom is -0.374 e. The van der Waals surface area contributed by atoms with Gasteiger partial charge in [-0.05, 0) is 25.8 Å². The Labute approximate surface area is 85.5 Å². The third kappa shape index (κ3) is 2.25. The molecule has 2 aliphatic rings. The summed E-state index contributed by atoms with van der Waals surface area (Å²) in [5.41, 5.74) is -0.0808. The van der Waals surface area contributed by atoms with Gasteiger partial charge in [-0.25, -0.2) is 0 Å². The molecule has 0 spiro atoms. The van der Waals surface area contributed by atoms with Gasteiger partial charge in [-0.3, -0.25) is 4.84 Å². The molecule has 1 N–H and O–H groups in total. The predicted octanol–water partition coefficient (Wildman–Crippen LogP) is 0.392. The van der Waals surface area contributed by atoms with Crippen molar-refractivity contribution in [2.45, 2.75) is 24.9 Å². The monoisotopic (exact) mass is 200 g/mol. The van der Waals surface area contributed by atoms with Gasteiger partial charge in [0.05, 0.1) is 6.61 Å². The van der Waals surface area contributed by atoms with Crippen LogP contribution in [0.4, 0.5) is 0 Å². The largest absolute Gasteiger partial charge is 0.374 e. The van der Waals surface area contributed by atoms with Crippen LogP contribution in [0.15, 0.2) is 0 Å². The van der Waals surface area contributed by atoms with E-state index in [1.54, 1.807) is 7.11 Å². The number of hydrogen-bond donors (Lipinski definition) is 1. The summed E-state index contributed by atoms with van der Waals surface area (Å²) < 4.78 is 5.54. The minimum atomic E-state index is -0.0808. The van der Waals surface area contributed by atoms with E-state index in [9.17, 15) is 0 Å². The molecular formula is C10H20N2O2. The Kier molecular flexibility index (Phi) is 3.38. The lowest BCUT2D eigenvalue weighted by Crippen LogP contribution is -2.41. The first-order valence-corrected chi connectivity index (χ1v) is 5.48. The summed E-state index contributed by atoms with van der Waals surface area (Å²) in [4.78, 5) is 5.75. The van der Waals surface area contributed by atoms with E-state index in [-0.39, 0.29) is 5.60 Å². The van der Waals surface area contributed by atoms with Crippen molar-refractivity contribution in [3.8, 4) is 0 Å². The zero-order valence-corrected chi connectivity index (χ0v) is 8.92. The molecule has 0 unspecified atom stereocenters. The number of nitrogens with zero attached hydrogens (tertiary/aromatic N) is 1. The fraction of sp³-hybridized carbons (Fsp3) is 1.00. The fourth-order valence-corrected chi connectivity index (χ4v) is 2.10. The average Bonchev–Trinajstić information content (AvgIpc) is 2.87. The maximum atomic E-state index is 5.75. The van der Waals surface area contributed by atoms with Crippen LogP contribution in [0.5, 0.6) is 0 Å². The summed E-state index contributed by atoms with van der Waals surface area (Å²) in [5, 5.41) is 5.38. The maximum Gasteiger partial charge on any atom is 0.107 e. The molecule has 2 saturated heterocycles. The molecule has 0 aromatic heterocycles. The lowest BCUT2D eigenvalue weighted by molar-refractivity contribution is -0.191. The Bertz CT molecular complexity index is 175. The molecule has 0 radical (unpaired) electrons. The zero-order chi connectivity index (χ0) is 9.86. The van der Waals surface area contributed by atoms with Crippen LogP contribution in [0, 0.1) is 0 Å². The summed E-state index contributed by atoms with van der Waals surface area (Å²) in [6, 6.07) is 0. The van der Waals surface area contributed by atoms with Gasteiger partial charge in [0.1, 0.15) is 5.60 Å². The van der Waals surface area contributed by atoms with Crippen LogP contribution in [-0.4, -0.2) is 50.6 Å². The number of methoxy groups -OCH3 is 1.